The number of nitrogens with zero attached hydrogens (tertiary/aromatic N) is 1. The number of likely N-dealkylation sites (tertiary alicyclic amines) is 1. The first kappa shape index (κ1) is 13.4. The molecule has 0 radical (unpaired) electrons. The molecule has 2 heteroatoms. The summed E-state index contributed by atoms with van der Waals surface area (Å²) in [5, 5.41) is 3.83. The molecule has 1 aliphatic heterocycles. The van der Waals surface area contributed by atoms with Crippen LogP contribution in [0.1, 0.15) is 65.2 Å². The smallest absolute Gasteiger partial charge is 0.0209 e. The van der Waals surface area contributed by atoms with E-state index >= 15 is 0 Å². The number of hydrogen-bond donors (Lipinski definition) is 1. The van der Waals surface area contributed by atoms with Gasteiger partial charge in [-0.15, -0.1) is 0 Å². The molecule has 0 aromatic rings. The van der Waals surface area contributed by atoms with Gasteiger partial charge in [0.2, 0.25) is 0 Å². The monoisotopic (exact) mass is 238 g/mol. The highest BCUT2D eigenvalue weighted by molar-refractivity contribution is 4.92. The highest BCUT2D eigenvalue weighted by Crippen LogP contribution is 2.29. The summed E-state index contributed by atoms with van der Waals surface area (Å²) >= 11 is 0. The fraction of sp³-hybridized carbons (Fsp3) is 1.00. The van der Waals surface area contributed by atoms with Crippen molar-refractivity contribution in [1.29, 1.82) is 0 Å². The normalized spacial score (nSPS) is 27.5. The number of nitrogens with one attached hydrogen (secondary N) is 1. The van der Waals surface area contributed by atoms with Gasteiger partial charge >= 0.3 is 0 Å². The van der Waals surface area contributed by atoms with Gasteiger partial charge < -0.3 is 5.32 Å². The minimum Gasteiger partial charge on any atom is -0.310 e. The molecular weight excluding hydrogens is 208 g/mol. The van der Waals surface area contributed by atoms with Crippen LogP contribution >= 0.6 is 0 Å². The Morgan fingerprint density at radius 2 is 2.00 bits per heavy atom. The van der Waals surface area contributed by atoms with Crippen LogP contribution in [0.2, 0.25) is 0 Å². The average molecular weight is 238 g/mol. The lowest BCUT2D eigenvalue weighted by Crippen LogP contribution is -2.38. The van der Waals surface area contributed by atoms with Crippen molar-refractivity contribution in [1.82, 2.24) is 10.2 Å². The van der Waals surface area contributed by atoms with Crippen LogP contribution in [0.3, 0.4) is 0 Å². The number of rotatable bonds is 8. The van der Waals surface area contributed by atoms with Gasteiger partial charge in [-0.05, 0) is 32.6 Å². The van der Waals surface area contributed by atoms with Gasteiger partial charge in [0.15, 0.2) is 0 Å². The molecule has 0 spiro atoms. The Bertz CT molecular complexity index is 213. The highest BCUT2D eigenvalue weighted by atomic mass is 15.2. The molecule has 2 fully saturated rings. The topological polar surface area (TPSA) is 15.3 Å². The van der Waals surface area contributed by atoms with Crippen LogP contribution in [0.25, 0.3) is 0 Å². The average Bonchev–Trinajstić information content (AvgIpc) is 3.07. The molecule has 0 aromatic heterocycles. The summed E-state index contributed by atoms with van der Waals surface area (Å²) in [4.78, 5) is 2.70. The first-order valence-corrected chi connectivity index (χ1v) is 7.79. The quantitative estimate of drug-likeness (QED) is 0.653. The van der Waals surface area contributed by atoms with Crippen molar-refractivity contribution < 1.29 is 0 Å². The minimum atomic E-state index is 0.719. The van der Waals surface area contributed by atoms with E-state index in [0.29, 0.717) is 0 Å². The Kier molecular flexibility index (Phi) is 5.30. The maximum atomic E-state index is 3.83. The van der Waals surface area contributed by atoms with Crippen LogP contribution in [-0.4, -0.2) is 36.1 Å². The highest BCUT2D eigenvalue weighted by Gasteiger charge is 2.34. The molecule has 17 heavy (non-hydrogen) atoms. The third kappa shape index (κ3) is 4.59. The Labute approximate surface area is 107 Å². The second-order valence-electron chi connectivity index (χ2n) is 6.13. The van der Waals surface area contributed by atoms with Crippen LogP contribution in [0, 0.1) is 0 Å². The zero-order valence-electron chi connectivity index (χ0n) is 11.8. The molecule has 2 atom stereocenters. The van der Waals surface area contributed by atoms with Gasteiger partial charge in [-0.2, -0.15) is 0 Å². The molecule has 0 bridgehead atoms. The van der Waals surface area contributed by atoms with Crippen LogP contribution < -0.4 is 5.32 Å². The maximum Gasteiger partial charge on any atom is 0.0209 e. The Morgan fingerprint density at radius 1 is 1.18 bits per heavy atom. The van der Waals surface area contributed by atoms with Crippen molar-refractivity contribution >= 4 is 0 Å². The van der Waals surface area contributed by atoms with Crippen LogP contribution in [0.5, 0.6) is 0 Å². The molecule has 1 saturated carbocycles. The largest absolute Gasteiger partial charge is 0.310 e. The molecule has 2 aliphatic rings. The van der Waals surface area contributed by atoms with E-state index in [4.69, 9.17) is 0 Å². The van der Waals surface area contributed by atoms with Gasteiger partial charge in [-0.25, -0.2) is 0 Å². The summed E-state index contributed by atoms with van der Waals surface area (Å²) in [6, 6.07) is 2.45. The van der Waals surface area contributed by atoms with E-state index in [1.165, 1.54) is 64.5 Å². The molecule has 1 N–H and O–H groups in total. The molecule has 2 nitrogen and oxygen atoms in total. The Balaban J connectivity index is 1.54. The summed E-state index contributed by atoms with van der Waals surface area (Å²) < 4.78 is 0. The van der Waals surface area contributed by atoms with E-state index in [1.807, 2.05) is 0 Å². The summed E-state index contributed by atoms with van der Waals surface area (Å²) in [6.45, 7) is 7.30. The summed E-state index contributed by atoms with van der Waals surface area (Å²) in [6.07, 6.45) is 11.2. The fourth-order valence-electron chi connectivity index (χ4n) is 3.06. The van der Waals surface area contributed by atoms with Gasteiger partial charge in [-0.3, -0.25) is 4.90 Å². The maximum absolute atomic E-state index is 3.83. The van der Waals surface area contributed by atoms with Gasteiger partial charge in [0.05, 0.1) is 0 Å². The van der Waals surface area contributed by atoms with E-state index in [1.54, 1.807) is 0 Å². The minimum absolute atomic E-state index is 0.719. The van der Waals surface area contributed by atoms with E-state index in [0.717, 1.165) is 18.1 Å². The fourth-order valence-corrected chi connectivity index (χ4v) is 3.06. The predicted octanol–water partition coefficient (Wildman–Crippen LogP) is 3.17. The lowest BCUT2D eigenvalue weighted by Gasteiger charge is -2.20. The molecule has 1 heterocycles. The van der Waals surface area contributed by atoms with E-state index in [2.05, 4.69) is 24.1 Å². The Hall–Kier alpha value is -0.0800. The predicted molar refractivity (Wildman–Crippen MR) is 74.4 cm³/mol. The molecular formula is C15H30N2. The first-order chi connectivity index (χ1) is 8.29. The SMILES string of the molecule is CCCCCCC(C)NC1CCN(C2CC2)C1. The summed E-state index contributed by atoms with van der Waals surface area (Å²) in [5.41, 5.74) is 0. The zero-order chi connectivity index (χ0) is 12.1. The lowest BCUT2D eigenvalue weighted by atomic mass is 10.1. The second-order valence-corrected chi connectivity index (χ2v) is 6.13. The van der Waals surface area contributed by atoms with Crippen molar-refractivity contribution in [3.8, 4) is 0 Å². The third-order valence-electron chi connectivity index (χ3n) is 4.29. The molecule has 1 aliphatic carbocycles. The first-order valence-electron chi connectivity index (χ1n) is 7.79. The van der Waals surface area contributed by atoms with Gasteiger partial charge in [0, 0.05) is 31.2 Å². The van der Waals surface area contributed by atoms with Gasteiger partial charge in [0.25, 0.3) is 0 Å². The third-order valence-corrected chi connectivity index (χ3v) is 4.29. The molecule has 0 aromatic carbocycles. The summed E-state index contributed by atoms with van der Waals surface area (Å²) in [5.74, 6) is 0. The lowest BCUT2D eigenvalue weighted by molar-refractivity contribution is 0.311. The van der Waals surface area contributed by atoms with E-state index in [-0.39, 0.29) is 0 Å². The van der Waals surface area contributed by atoms with E-state index in [9.17, 15) is 0 Å². The Morgan fingerprint density at radius 3 is 2.71 bits per heavy atom. The van der Waals surface area contributed by atoms with Crippen LogP contribution in [-0.2, 0) is 0 Å². The van der Waals surface area contributed by atoms with Crippen LogP contribution in [0.15, 0.2) is 0 Å². The van der Waals surface area contributed by atoms with Gasteiger partial charge in [0.1, 0.15) is 0 Å². The van der Waals surface area contributed by atoms with Crippen molar-refractivity contribution in [2.24, 2.45) is 0 Å². The van der Waals surface area contributed by atoms with Crippen molar-refractivity contribution in [2.75, 3.05) is 13.1 Å². The summed E-state index contributed by atoms with van der Waals surface area (Å²) in [7, 11) is 0. The van der Waals surface area contributed by atoms with Crippen molar-refractivity contribution in [3.05, 3.63) is 0 Å². The van der Waals surface area contributed by atoms with Crippen LogP contribution in [0.4, 0.5) is 0 Å². The molecule has 0 amide bonds. The van der Waals surface area contributed by atoms with Crippen molar-refractivity contribution in [2.45, 2.75) is 83.3 Å². The molecule has 2 rings (SSSR count). The van der Waals surface area contributed by atoms with Crippen molar-refractivity contribution in [3.63, 3.8) is 0 Å². The standard InChI is InChI=1S/C15H30N2/c1-3-4-5-6-7-13(2)16-14-10-11-17(12-14)15-8-9-15/h13-16H,3-12H2,1-2H3. The van der Waals surface area contributed by atoms with E-state index < -0.39 is 0 Å². The van der Waals surface area contributed by atoms with Gasteiger partial charge in [-0.1, -0.05) is 32.6 Å². The number of unbranched alkanes of at least 4 members (excludes halogenated alkanes) is 3. The molecule has 2 unspecified atom stereocenters. The zero-order valence-corrected chi connectivity index (χ0v) is 11.8. The number of hydrogen-bond acceptors (Lipinski definition) is 2. The molecule has 100 valence electrons. The second kappa shape index (κ2) is 6.75. The molecule has 1 saturated heterocycles.